The van der Waals surface area contributed by atoms with Crippen molar-refractivity contribution >= 4 is 33.1 Å². The first-order chi connectivity index (χ1) is 11.2. The lowest BCUT2D eigenvalue weighted by atomic mass is 10.1. The molecule has 2 aromatic heterocycles. The van der Waals surface area contributed by atoms with Crippen molar-refractivity contribution in [1.82, 2.24) is 15.1 Å². The predicted octanol–water partition coefficient (Wildman–Crippen LogP) is 2.77. The summed E-state index contributed by atoms with van der Waals surface area (Å²) in [6, 6.07) is 10.2. The normalized spacial score (nSPS) is 14.7. The van der Waals surface area contributed by atoms with Crippen LogP contribution >= 0.6 is 11.3 Å². The van der Waals surface area contributed by atoms with Crippen LogP contribution in [0.2, 0.25) is 0 Å². The van der Waals surface area contributed by atoms with E-state index in [1.54, 1.807) is 23.2 Å². The predicted molar refractivity (Wildman–Crippen MR) is 87.1 cm³/mol. The largest absolute Gasteiger partial charge is 0.362 e. The average molecular weight is 328 g/mol. The second kappa shape index (κ2) is 5.58. The van der Waals surface area contributed by atoms with Crippen molar-refractivity contribution < 1.29 is 9.18 Å². The number of benzene rings is 1. The van der Waals surface area contributed by atoms with Crippen LogP contribution in [0.1, 0.15) is 9.67 Å². The zero-order valence-corrected chi connectivity index (χ0v) is 12.9. The van der Waals surface area contributed by atoms with Crippen LogP contribution in [0.25, 0.3) is 10.1 Å². The number of amides is 1. The van der Waals surface area contributed by atoms with E-state index in [2.05, 4.69) is 15.5 Å². The number of hydrogen-bond donors (Lipinski definition) is 1. The number of nitrogens with zero attached hydrogens (tertiary/aromatic N) is 3. The molecule has 0 atom stereocenters. The number of hydrogen-bond acceptors (Lipinski definition) is 5. The minimum Gasteiger partial charge on any atom is -0.362 e. The molecule has 1 aromatic carbocycles. The van der Waals surface area contributed by atoms with Crippen LogP contribution < -0.4 is 5.32 Å². The Balaban J connectivity index is 1.42. The second-order valence-electron chi connectivity index (χ2n) is 5.45. The van der Waals surface area contributed by atoms with Gasteiger partial charge in [0.15, 0.2) is 0 Å². The number of aromatic nitrogens is 2. The molecule has 1 amide bonds. The smallest absolute Gasteiger partial charge is 0.264 e. The number of thiophene rings is 1. The molecule has 1 aliphatic heterocycles. The fourth-order valence-corrected chi connectivity index (χ4v) is 3.61. The van der Waals surface area contributed by atoms with Crippen molar-refractivity contribution in [3.05, 3.63) is 53.3 Å². The van der Waals surface area contributed by atoms with Crippen LogP contribution in [-0.2, 0) is 0 Å². The summed E-state index contributed by atoms with van der Waals surface area (Å²) in [4.78, 5) is 14.9. The number of nitrogens with one attached hydrogen (secondary N) is 1. The van der Waals surface area contributed by atoms with E-state index in [0.29, 0.717) is 23.8 Å². The van der Waals surface area contributed by atoms with Crippen LogP contribution in [0.15, 0.2) is 42.6 Å². The number of likely N-dealkylation sites (tertiary alicyclic amines) is 1. The maximum absolute atomic E-state index is 13.2. The fourth-order valence-electron chi connectivity index (χ4n) is 2.60. The summed E-state index contributed by atoms with van der Waals surface area (Å²) >= 11 is 1.40. The first kappa shape index (κ1) is 14.1. The minimum atomic E-state index is -0.286. The number of fused-ring (bicyclic) bond motifs is 1. The van der Waals surface area contributed by atoms with E-state index in [1.807, 2.05) is 12.1 Å². The molecule has 3 heterocycles. The lowest BCUT2D eigenvalue weighted by molar-refractivity contribution is 0.0630. The molecular weight excluding hydrogens is 315 g/mol. The van der Waals surface area contributed by atoms with Gasteiger partial charge in [-0.2, -0.15) is 5.10 Å². The SMILES string of the molecule is O=C(c1cc2cc(F)ccc2s1)N1CC(Nc2cccnn2)C1. The van der Waals surface area contributed by atoms with Gasteiger partial charge in [-0.05, 0) is 41.8 Å². The molecular formula is C16H13FN4OS. The first-order valence-electron chi connectivity index (χ1n) is 7.22. The lowest BCUT2D eigenvalue weighted by Crippen LogP contribution is -2.56. The highest BCUT2D eigenvalue weighted by Gasteiger charge is 2.32. The van der Waals surface area contributed by atoms with Crippen molar-refractivity contribution in [3.63, 3.8) is 0 Å². The van der Waals surface area contributed by atoms with Crippen LogP contribution in [-0.4, -0.2) is 40.1 Å². The van der Waals surface area contributed by atoms with Crippen molar-refractivity contribution in [2.24, 2.45) is 0 Å². The second-order valence-corrected chi connectivity index (χ2v) is 6.54. The summed E-state index contributed by atoms with van der Waals surface area (Å²) in [7, 11) is 0. The zero-order valence-electron chi connectivity index (χ0n) is 12.1. The Morgan fingerprint density at radius 2 is 2.17 bits per heavy atom. The maximum Gasteiger partial charge on any atom is 0.264 e. The summed E-state index contributed by atoms with van der Waals surface area (Å²) in [5.41, 5.74) is 0. The Morgan fingerprint density at radius 3 is 2.96 bits per heavy atom. The van der Waals surface area contributed by atoms with Gasteiger partial charge in [0.25, 0.3) is 5.91 Å². The number of carbonyl (C=O) groups excluding carboxylic acids is 1. The van der Waals surface area contributed by atoms with E-state index in [0.717, 1.165) is 10.1 Å². The van der Waals surface area contributed by atoms with E-state index in [-0.39, 0.29) is 17.8 Å². The van der Waals surface area contributed by atoms with Crippen LogP contribution in [0.4, 0.5) is 10.2 Å². The molecule has 0 radical (unpaired) electrons. The number of anilines is 1. The van der Waals surface area contributed by atoms with Crippen molar-refractivity contribution in [3.8, 4) is 0 Å². The molecule has 0 bridgehead atoms. The first-order valence-corrected chi connectivity index (χ1v) is 8.03. The molecule has 7 heteroatoms. The third kappa shape index (κ3) is 2.75. The van der Waals surface area contributed by atoms with E-state index >= 15 is 0 Å². The molecule has 3 aromatic rings. The van der Waals surface area contributed by atoms with Gasteiger partial charge in [-0.3, -0.25) is 4.79 Å². The van der Waals surface area contributed by atoms with Gasteiger partial charge in [0, 0.05) is 24.0 Å². The van der Waals surface area contributed by atoms with E-state index in [4.69, 9.17) is 0 Å². The molecule has 5 nitrogen and oxygen atoms in total. The summed E-state index contributed by atoms with van der Waals surface area (Å²) in [5.74, 6) is 0.414. The number of rotatable bonds is 3. The van der Waals surface area contributed by atoms with Crippen molar-refractivity contribution in [2.75, 3.05) is 18.4 Å². The Bertz CT molecular complexity index is 861. The van der Waals surface area contributed by atoms with Gasteiger partial charge in [-0.15, -0.1) is 16.4 Å². The minimum absolute atomic E-state index is 0.0104. The van der Waals surface area contributed by atoms with Crippen LogP contribution in [0.5, 0.6) is 0 Å². The van der Waals surface area contributed by atoms with E-state index < -0.39 is 0 Å². The van der Waals surface area contributed by atoms with E-state index in [1.165, 1.54) is 23.5 Å². The molecule has 0 spiro atoms. The standard InChI is InChI=1S/C16H13FN4OS/c17-11-3-4-13-10(6-11)7-14(23-13)16(22)21-8-12(9-21)19-15-2-1-5-18-20-15/h1-7,12H,8-9H2,(H,19,20). The summed E-state index contributed by atoms with van der Waals surface area (Å²) in [6.07, 6.45) is 1.62. The van der Waals surface area contributed by atoms with Crippen LogP contribution in [0.3, 0.4) is 0 Å². The summed E-state index contributed by atoms with van der Waals surface area (Å²) in [5, 5.41) is 11.8. The molecule has 1 saturated heterocycles. The molecule has 23 heavy (non-hydrogen) atoms. The quantitative estimate of drug-likeness (QED) is 0.803. The zero-order chi connectivity index (χ0) is 15.8. The van der Waals surface area contributed by atoms with Gasteiger partial charge in [0.2, 0.25) is 0 Å². The Morgan fingerprint density at radius 1 is 1.30 bits per heavy atom. The van der Waals surface area contributed by atoms with Gasteiger partial charge in [0.1, 0.15) is 11.6 Å². The van der Waals surface area contributed by atoms with E-state index in [9.17, 15) is 9.18 Å². The number of halogens is 1. The molecule has 0 aliphatic carbocycles. The molecule has 4 rings (SSSR count). The summed E-state index contributed by atoms with van der Waals surface area (Å²) < 4.78 is 14.2. The highest BCUT2D eigenvalue weighted by Crippen LogP contribution is 2.28. The monoisotopic (exact) mass is 328 g/mol. The van der Waals surface area contributed by atoms with Gasteiger partial charge in [0.05, 0.1) is 10.9 Å². The topological polar surface area (TPSA) is 58.1 Å². The number of carbonyl (C=O) groups is 1. The third-order valence-corrected chi connectivity index (χ3v) is 4.89. The van der Waals surface area contributed by atoms with Crippen molar-refractivity contribution in [2.45, 2.75) is 6.04 Å². The fraction of sp³-hybridized carbons (Fsp3) is 0.188. The highest BCUT2D eigenvalue weighted by molar-refractivity contribution is 7.20. The molecule has 1 N–H and O–H groups in total. The molecule has 1 aliphatic rings. The maximum atomic E-state index is 13.2. The van der Waals surface area contributed by atoms with Gasteiger partial charge >= 0.3 is 0 Å². The lowest BCUT2D eigenvalue weighted by Gasteiger charge is -2.39. The highest BCUT2D eigenvalue weighted by atomic mass is 32.1. The molecule has 0 unspecified atom stereocenters. The summed E-state index contributed by atoms with van der Waals surface area (Å²) in [6.45, 7) is 1.25. The van der Waals surface area contributed by atoms with Gasteiger partial charge in [-0.25, -0.2) is 4.39 Å². The third-order valence-electron chi connectivity index (χ3n) is 3.78. The Labute approximate surface area is 135 Å². The molecule has 1 fully saturated rings. The average Bonchev–Trinajstić information content (AvgIpc) is 2.94. The Kier molecular flexibility index (Phi) is 3.42. The molecule has 0 saturated carbocycles. The molecule has 116 valence electrons. The van der Waals surface area contributed by atoms with Crippen LogP contribution in [0, 0.1) is 5.82 Å². The van der Waals surface area contributed by atoms with Crippen molar-refractivity contribution in [1.29, 1.82) is 0 Å². The van der Waals surface area contributed by atoms with Gasteiger partial charge in [-0.1, -0.05) is 0 Å². The Hall–Kier alpha value is -2.54. The van der Waals surface area contributed by atoms with Gasteiger partial charge < -0.3 is 10.2 Å².